The molecule has 3 aromatic rings. The highest BCUT2D eigenvalue weighted by Gasteiger charge is 2.26. The Kier molecular flexibility index (Phi) is 5.15. The van der Waals surface area contributed by atoms with Gasteiger partial charge in [0.2, 0.25) is 5.91 Å². The number of hydrogen-bond acceptors (Lipinski definition) is 4. The monoisotopic (exact) mass is 375 g/mol. The molecule has 1 fully saturated rings. The van der Waals surface area contributed by atoms with Gasteiger partial charge in [-0.15, -0.1) is 0 Å². The maximum atomic E-state index is 12.6. The number of para-hydroxylation sites is 1. The molecule has 1 N–H and O–H groups in total. The number of nitrogens with zero attached hydrogens (tertiary/aromatic N) is 2. The van der Waals surface area contributed by atoms with Crippen molar-refractivity contribution in [1.82, 2.24) is 4.98 Å². The van der Waals surface area contributed by atoms with E-state index in [0.717, 1.165) is 54.0 Å². The van der Waals surface area contributed by atoms with Gasteiger partial charge in [0.05, 0.1) is 12.6 Å². The number of nitrogens with one attached hydrogen (secondary N) is 1. The highest BCUT2D eigenvalue weighted by atomic mass is 16.5. The fourth-order valence-corrected chi connectivity index (χ4v) is 3.85. The van der Waals surface area contributed by atoms with Crippen LogP contribution in [0.5, 0.6) is 5.75 Å². The van der Waals surface area contributed by atoms with Gasteiger partial charge in [0.15, 0.2) is 0 Å². The lowest BCUT2D eigenvalue weighted by Gasteiger charge is -2.34. The molecule has 0 aliphatic carbocycles. The van der Waals surface area contributed by atoms with Crippen molar-refractivity contribution in [2.24, 2.45) is 5.92 Å². The van der Waals surface area contributed by atoms with Crippen molar-refractivity contribution in [2.45, 2.75) is 19.8 Å². The van der Waals surface area contributed by atoms with Crippen molar-refractivity contribution in [3.8, 4) is 5.75 Å². The maximum Gasteiger partial charge on any atom is 0.227 e. The van der Waals surface area contributed by atoms with E-state index < -0.39 is 0 Å². The maximum absolute atomic E-state index is 12.6. The third kappa shape index (κ3) is 3.79. The van der Waals surface area contributed by atoms with E-state index >= 15 is 0 Å². The molecule has 1 saturated heterocycles. The normalized spacial score (nSPS) is 14.9. The van der Waals surface area contributed by atoms with Crippen LogP contribution in [0.4, 0.5) is 11.4 Å². The minimum absolute atomic E-state index is 0.0418. The zero-order valence-electron chi connectivity index (χ0n) is 16.3. The Bertz CT molecular complexity index is 980. The van der Waals surface area contributed by atoms with E-state index in [1.165, 1.54) is 5.69 Å². The number of aryl methyl sites for hydroxylation is 1. The molecule has 2 aromatic carbocycles. The lowest BCUT2D eigenvalue weighted by Crippen LogP contribution is -2.38. The molecule has 0 bridgehead atoms. The number of fused-ring (bicyclic) bond motifs is 1. The number of hydrogen-bond donors (Lipinski definition) is 1. The van der Waals surface area contributed by atoms with Gasteiger partial charge in [-0.1, -0.05) is 18.2 Å². The van der Waals surface area contributed by atoms with Gasteiger partial charge in [-0.05, 0) is 56.2 Å². The Hall–Kier alpha value is -3.08. The topological polar surface area (TPSA) is 54.5 Å². The molecule has 0 unspecified atom stereocenters. The molecule has 1 amide bonds. The number of aromatic nitrogens is 1. The van der Waals surface area contributed by atoms with Crippen LogP contribution >= 0.6 is 0 Å². The van der Waals surface area contributed by atoms with Gasteiger partial charge in [-0.2, -0.15) is 0 Å². The Labute approximate surface area is 165 Å². The minimum Gasteiger partial charge on any atom is -0.497 e. The Balaban J connectivity index is 1.50. The summed E-state index contributed by atoms with van der Waals surface area (Å²) >= 11 is 0. The quantitative estimate of drug-likeness (QED) is 0.734. The van der Waals surface area contributed by atoms with Gasteiger partial charge < -0.3 is 15.0 Å². The second-order valence-corrected chi connectivity index (χ2v) is 7.28. The van der Waals surface area contributed by atoms with Crippen molar-refractivity contribution in [2.75, 3.05) is 30.4 Å². The minimum atomic E-state index is 0.0418. The predicted octanol–water partition coefficient (Wildman–Crippen LogP) is 4.41. The highest BCUT2D eigenvalue weighted by molar-refractivity contribution is 5.94. The third-order valence-electron chi connectivity index (χ3n) is 5.37. The van der Waals surface area contributed by atoms with Crippen molar-refractivity contribution >= 4 is 28.2 Å². The van der Waals surface area contributed by atoms with Crippen molar-refractivity contribution in [3.05, 3.63) is 60.3 Å². The molecule has 1 aliphatic heterocycles. The lowest BCUT2D eigenvalue weighted by molar-refractivity contribution is -0.120. The fraction of sp³-hybridized carbons (Fsp3) is 0.304. The van der Waals surface area contributed by atoms with Gasteiger partial charge >= 0.3 is 0 Å². The van der Waals surface area contributed by atoms with Gasteiger partial charge in [0, 0.05) is 41.5 Å². The number of benzene rings is 2. The van der Waals surface area contributed by atoms with E-state index in [4.69, 9.17) is 4.74 Å². The molecule has 144 valence electrons. The summed E-state index contributed by atoms with van der Waals surface area (Å²) in [5.41, 5.74) is 4.00. The Morgan fingerprint density at radius 3 is 2.57 bits per heavy atom. The van der Waals surface area contributed by atoms with E-state index in [9.17, 15) is 4.79 Å². The molecule has 0 atom stereocenters. The number of amides is 1. The molecule has 4 rings (SSSR count). The van der Waals surface area contributed by atoms with Gasteiger partial charge in [-0.3, -0.25) is 9.78 Å². The van der Waals surface area contributed by atoms with Crippen LogP contribution < -0.4 is 15.0 Å². The Morgan fingerprint density at radius 1 is 1.11 bits per heavy atom. The number of ether oxygens (including phenoxy) is 1. The van der Waals surface area contributed by atoms with Crippen LogP contribution in [0.15, 0.2) is 54.6 Å². The molecule has 1 aliphatic rings. The number of rotatable bonds is 4. The number of anilines is 2. The first-order valence-corrected chi connectivity index (χ1v) is 9.70. The summed E-state index contributed by atoms with van der Waals surface area (Å²) in [4.78, 5) is 19.6. The predicted molar refractivity (Wildman–Crippen MR) is 113 cm³/mol. The second kappa shape index (κ2) is 7.89. The summed E-state index contributed by atoms with van der Waals surface area (Å²) in [7, 11) is 1.68. The summed E-state index contributed by atoms with van der Waals surface area (Å²) in [5.74, 6) is 0.986. The first-order valence-electron chi connectivity index (χ1n) is 9.70. The van der Waals surface area contributed by atoms with Crippen LogP contribution in [0.1, 0.15) is 18.5 Å². The number of piperidine rings is 1. The summed E-state index contributed by atoms with van der Waals surface area (Å²) in [6.45, 7) is 3.72. The average molecular weight is 375 g/mol. The van der Waals surface area contributed by atoms with Crippen LogP contribution in [-0.2, 0) is 4.79 Å². The smallest absolute Gasteiger partial charge is 0.227 e. The highest BCUT2D eigenvalue weighted by Crippen LogP contribution is 2.32. The molecule has 0 radical (unpaired) electrons. The van der Waals surface area contributed by atoms with Gasteiger partial charge in [0.1, 0.15) is 5.75 Å². The summed E-state index contributed by atoms with van der Waals surface area (Å²) in [5, 5.41) is 4.13. The van der Waals surface area contributed by atoms with E-state index in [0.29, 0.717) is 0 Å². The summed E-state index contributed by atoms with van der Waals surface area (Å²) in [6.07, 6.45) is 1.68. The number of carbonyl (C=O) groups is 1. The van der Waals surface area contributed by atoms with E-state index in [1.54, 1.807) is 7.11 Å². The second-order valence-electron chi connectivity index (χ2n) is 7.28. The van der Waals surface area contributed by atoms with Crippen molar-refractivity contribution in [3.63, 3.8) is 0 Å². The molecule has 5 heteroatoms. The fourth-order valence-electron chi connectivity index (χ4n) is 3.85. The molecule has 1 aromatic heterocycles. The van der Waals surface area contributed by atoms with Crippen LogP contribution in [0.3, 0.4) is 0 Å². The van der Waals surface area contributed by atoms with Crippen LogP contribution in [-0.4, -0.2) is 31.1 Å². The third-order valence-corrected chi connectivity index (χ3v) is 5.37. The van der Waals surface area contributed by atoms with Gasteiger partial charge in [0.25, 0.3) is 0 Å². The molecular weight excluding hydrogens is 350 g/mol. The lowest BCUT2D eigenvalue weighted by atomic mass is 9.95. The number of carbonyl (C=O) groups excluding carboxylic acids is 1. The van der Waals surface area contributed by atoms with Crippen LogP contribution in [0.25, 0.3) is 10.9 Å². The average Bonchev–Trinajstić information content (AvgIpc) is 2.73. The molecular formula is C23H25N3O2. The molecule has 2 heterocycles. The van der Waals surface area contributed by atoms with E-state index in [-0.39, 0.29) is 11.8 Å². The number of pyridine rings is 1. The summed E-state index contributed by atoms with van der Waals surface area (Å²) in [6, 6.07) is 17.8. The number of methoxy groups -OCH3 is 1. The summed E-state index contributed by atoms with van der Waals surface area (Å²) < 4.78 is 5.40. The molecule has 0 spiro atoms. The van der Waals surface area contributed by atoms with Gasteiger partial charge in [-0.25, -0.2) is 0 Å². The zero-order chi connectivity index (χ0) is 19.5. The van der Waals surface area contributed by atoms with Crippen LogP contribution in [0, 0.1) is 12.8 Å². The first kappa shape index (κ1) is 18.3. The first-order chi connectivity index (χ1) is 13.6. The standard InChI is InChI=1S/C23H25N3O2/c1-16-14-22(20-15-19(28-2)8-9-21(20)24-16)26-12-10-17(11-13-26)23(27)25-18-6-4-3-5-7-18/h3-9,14-15,17H,10-13H2,1-2H3,(H,25,27). The SMILES string of the molecule is COc1ccc2nc(C)cc(N3CCC(C(=O)Nc4ccccc4)CC3)c2c1. The van der Waals surface area contributed by atoms with Crippen molar-refractivity contribution in [1.29, 1.82) is 0 Å². The van der Waals surface area contributed by atoms with E-state index in [2.05, 4.69) is 21.3 Å². The van der Waals surface area contributed by atoms with Crippen molar-refractivity contribution < 1.29 is 9.53 Å². The largest absolute Gasteiger partial charge is 0.497 e. The van der Waals surface area contributed by atoms with Crippen LogP contribution in [0.2, 0.25) is 0 Å². The zero-order valence-corrected chi connectivity index (χ0v) is 16.3. The molecule has 28 heavy (non-hydrogen) atoms. The Morgan fingerprint density at radius 2 is 1.86 bits per heavy atom. The molecule has 0 saturated carbocycles. The molecule has 5 nitrogen and oxygen atoms in total. The van der Waals surface area contributed by atoms with E-state index in [1.807, 2.05) is 55.5 Å².